The van der Waals surface area contributed by atoms with Gasteiger partial charge in [0.05, 0.1) is 18.0 Å². The van der Waals surface area contributed by atoms with Crippen LogP contribution in [0.15, 0.2) is 6.20 Å². The summed E-state index contributed by atoms with van der Waals surface area (Å²) in [6, 6.07) is 0.111. The van der Waals surface area contributed by atoms with Crippen LogP contribution < -0.4 is 5.32 Å². The van der Waals surface area contributed by atoms with E-state index in [4.69, 9.17) is 5.11 Å². The number of aryl methyl sites for hydroxylation is 2. The van der Waals surface area contributed by atoms with Crippen molar-refractivity contribution in [3.05, 3.63) is 17.7 Å². The number of hydrogen-bond donors (Lipinski definition) is 2. The summed E-state index contributed by atoms with van der Waals surface area (Å²) in [5, 5.41) is 12.0. The number of aliphatic carboxylic acids is 1. The van der Waals surface area contributed by atoms with Gasteiger partial charge in [-0.2, -0.15) is 0 Å². The van der Waals surface area contributed by atoms with Crippen molar-refractivity contribution in [1.82, 2.24) is 14.9 Å². The number of amides is 1. The largest absolute Gasteiger partial charge is 0.481 e. The number of fused-ring (bicyclic) bond motifs is 1. The molecule has 1 fully saturated rings. The third-order valence-electron chi connectivity index (χ3n) is 4.74. The SMILES string of the molecule is O=C(Cc1cn2c(n1)CCCC2)NC1CCC(C(=O)O)CC1. The van der Waals surface area contributed by atoms with Crippen LogP contribution in [0.1, 0.15) is 50.0 Å². The first kappa shape index (κ1) is 15.1. The minimum atomic E-state index is -0.714. The molecule has 0 aromatic carbocycles. The van der Waals surface area contributed by atoms with Crippen LogP contribution in [0.5, 0.6) is 0 Å². The quantitative estimate of drug-likeness (QED) is 0.883. The molecule has 22 heavy (non-hydrogen) atoms. The summed E-state index contributed by atoms with van der Waals surface area (Å²) in [4.78, 5) is 27.6. The van der Waals surface area contributed by atoms with Crippen LogP contribution in [0.3, 0.4) is 0 Å². The highest BCUT2D eigenvalue weighted by Crippen LogP contribution is 2.24. The summed E-state index contributed by atoms with van der Waals surface area (Å²) in [6.45, 7) is 1.00. The Labute approximate surface area is 129 Å². The van der Waals surface area contributed by atoms with Crippen molar-refractivity contribution in [1.29, 1.82) is 0 Å². The highest BCUT2D eigenvalue weighted by Gasteiger charge is 2.26. The molecule has 2 heterocycles. The van der Waals surface area contributed by atoms with Gasteiger partial charge in [-0.3, -0.25) is 9.59 Å². The predicted octanol–water partition coefficient (Wildman–Crippen LogP) is 1.52. The average molecular weight is 305 g/mol. The molecule has 1 aromatic rings. The number of hydrogen-bond acceptors (Lipinski definition) is 3. The number of rotatable bonds is 4. The number of carbonyl (C=O) groups is 2. The van der Waals surface area contributed by atoms with Gasteiger partial charge in [-0.25, -0.2) is 4.98 Å². The van der Waals surface area contributed by atoms with Crippen molar-refractivity contribution in [3.8, 4) is 0 Å². The van der Waals surface area contributed by atoms with Crippen molar-refractivity contribution >= 4 is 11.9 Å². The standard InChI is InChI=1S/C16H23N3O3/c20-15(18-12-6-4-11(5-7-12)16(21)22)9-13-10-19-8-2-1-3-14(19)17-13/h10-12H,1-9H2,(H,18,20)(H,21,22). The van der Waals surface area contributed by atoms with E-state index in [9.17, 15) is 9.59 Å². The van der Waals surface area contributed by atoms with Crippen LogP contribution in [0.2, 0.25) is 0 Å². The van der Waals surface area contributed by atoms with E-state index in [2.05, 4.69) is 14.9 Å². The van der Waals surface area contributed by atoms with Crippen molar-refractivity contribution in [2.24, 2.45) is 5.92 Å². The Kier molecular flexibility index (Phi) is 4.45. The number of imidazole rings is 1. The molecule has 120 valence electrons. The molecule has 2 aliphatic rings. The van der Waals surface area contributed by atoms with E-state index in [1.54, 1.807) is 0 Å². The van der Waals surface area contributed by atoms with Gasteiger partial charge in [0.2, 0.25) is 5.91 Å². The lowest BCUT2D eigenvalue weighted by Crippen LogP contribution is -2.39. The third kappa shape index (κ3) is 3.48. The summed E-state index contributed by atoms with van der Waals surface area (Å²) in [5.41, 5.74) is 0.841. The van der Waals surface area contributed by atoms with Gasteiger partial charge in [0, 0.05) is 25.2 Å². The molecule has 3 rings (SSSR count). The molecule has 0 spiro atoms. The van der Waals surface area contributed by atoms with Gasteiger partial charge < -0.3 is 15.0 Å². The summed E-state index contributed by atoms with van der Waals surface area (Å²) in [7, 11) is 0. The summed E-state index contributed by atoms with van der Waals surface area (Å²) in [6.07, 6.45) is 8.48. The molecular formula is C16H23N3O3. The van der Waals surface area contributed by atoms with Gasteiger partial charge >= 0.3 is 5.97 Å². The Balaban J connectivity index is 1.48. The highest BCUT2D eigenvalue weighted by molar-refractivity contribution is 5.78. The summed E-state index contributed by atoms with van der Waals surface area (Å²) in [5.74, 6) is 0.131. The molecule has 1 aliphatic heterocycles. The average Bonchev–Trinajstić information content (AvgIpc) is 2.89. The molecule has 0 atom stereocenters. The first-order valence-electron chi connectivity index (χ1n) is 8.19. The lowest BCUT2D eigenvalue weighted by Gasteiger charge is -2.26. The number of carbonyl (C=O) groups excluding carboxylic acids is 1. The van der Waals surface area contributed by atoms with E-state index >= 15 is 0 Å². The lowest BCUT2D eigenvalue weighted by atomic mass is 9.86. The van der Waals surface area contributed by atoms with Gasteiger partial charge in [0.1, 0.15) is 5.82 Å². The van der Waals surface area contributed by atoms with Crippen LogP contribution >= 0.6 is 0 Å². The van der Waals surface area contributed by atoms with E-state index in [1.165, 1.54) is 12.8 Å². The first-order valence-corrected chi connectivity index (χ1v) is 8.19. The number of nitrogens with one attached hydrogen (secondary N) is 1. The minimum absolute atomic E-state index is 0.00535. The Hall–Kier alpha value is -1.85. The fourth-order valence-electron chi connectivity index (χ4n) is 3.48. The molecule has 1 saturated carbocycles. The zero-order valence-corrected chi connectivity index (χ0v) is 12.8. The van der Waals surface area contributed by atoms with Crippen LogP contribution in [0, 0.1) is 5.92 Å². The van der Waals surface area contributed by atoms with Gasteiger partial charge in [0.15, 0.2) is 0 Å². The fourth-order valence-corrected chi connectivity index (χ4v) is 3.48. The predicted molar refractivity (Wildman–Crippen MR) is 80.4 cm³/mol. The van der Waals surface area contributed by atoms with E-state index in [0.717, 1.165) is 37.3 Å². The van der Waals surface area contributed by atoms with Crippen LogP contribution in [-0.4, -0.2) is 32.6 Å². The fraction of sp³-hybridized carbons (Fsp3) is 0.688. The zero-order chi connectivity index (χ0) is 15.5. The maximum atomic E-state index is 12.1. The maximum Gasteiger partial charge on any atom is 0.306 e. The second kappa shape index (κ2) is 6.50. The van der Waals surface area contributed by atoms with Crippen LogP contribution in [-0.2, 0) is 29.0 Å². The van der Waals surface area contributed by atoms with Crippen LogP contribution in [0.4, 0.5) is 0 Å². The van der Waals surface area contributed by atoms with Crippen LogP contribution in [0.25, 0.3) is 0 Å². The molecule has 0 radical (unpaired) electrons. The van der Waals surface area contributed by atoms with E-state index in [0.29, 0.717) is 19.3 Å². The Morgan fingerprint density at radius 3 is 2.73 bits per heavy atom. The second-order valence-corrected chi connectivity index (χ2v) is 6.43. The molecule has 1 aromatic heterocycles. The van der Waals surface area contributed by atoms with E-state index in [-0.39, 0.29) is 17.9 Å². The molecule has 0 saturated heterocycles. The summed E-state index contributed by atoms with van der Waals surface area (Å²) >= 11 is 0. The maximum absolute atomic E-state index is 12.1. The van der Waals surface area contributed by atoms with Crippen molar-refractivity contribution in [2.75, 3.05) is 0 Å². The van der Waals surface area contributed by atoms with Gasteiger partial charge in [-0.1, -0.05) is 0 Å². The van der Waals surface area contributed by atoms with Crippen molar-refractivity contribution < 1.29 is 14.7 Å². The Morgan fingerprint density at radius 1 is 1.27 bits per heavy atom. The van der Waals surface area contributed by atoms with Gasteiger partial charge in [0.25, 0.3) is 0 Å². The second-order valence-electron chi connectivity index (χ2n) is 6.43. The molecule has 1 aliphatic carbocycles. The van der Waals surface area contributed by atoms with Crippen molar-refractivity contribution in [2.45, 2.75) is 64.0 Å². The molecule has 6 nitrogen and oxygen atoms in total. The number of carboxylic acids is 1. The molecule has 6 heteroatoms. The van der Waals surface area contributed by atoms with E-state index in [1.807, 2.05) is 6.20 Å². The highest BCUT2D eigenvalue weighted by atomic mass is 16.4. The first-order chi connectivity index (χ1) is 10.6. The van der Waals surface area contributed by atoms with Gasteiger partial charge in [-0.05, 0) is 38.5 Å². The summed E-state index contributed by atoms with van der Waals surface area (Å²) < 4.78 is 2.16. The topological polar surface area (TPSA) is 84.2 Å². The van der Waals surface area contributed by atoms with E-state index < -0.39 is 5.97 Å². The van der Waals surface area contributed by atoms with Gasteiger partial charge in [-0.15, -0.1) is 0 Å². The molecule has 0 unspecified atom stereocenters. The zero-order valence-electron chi connectivity index (χ0n) is 12.8. The molecule has 0 bridgehead atoms. The Bertz CT molecular complexity index is 535. The molecule has 2 N–H and O–H groups in total. The smallest absolute Gasteiger partial charge is 0.306 e. The normalized spacial score (nSPS) is 24.5. The number of carboxylic acid groups (broad SMARTS) is 1. The monoisotopic (exact) mass is 305 g/mol. The minimum Gasteiger partial charge on any atom is -0.481 e. The number of nitrogens with zero attached hydrogens (tertiary/aromatic N) is 2. The number of aromatic nitrogens is 2. The molecular weight excluding hydrogens is 282 g/mol. The lowest BCUT2D eigenvalue weighted by molar-refractivity contribution is -0.142. The Morgan fingerprint density at radius 2 is 2.05 bits per heavy atom. The third-order valence-corrected chi connectivity index (χ3v) is 4.74. The molecule has 1 amide bonds. The van der Waals surface area contributed by atoms with Crippen molar-refractivity contribution in [3.63, 3.8) is 0 Å².